The Bertz CT molecular complexity index is 1300. The molecule has 9 nitrogen and oxygen atoms in total. The van der Waals surface area contributed by atoms with Gasteiger partial charge >= 0.3 is 0 Å². The molecule has 3 heterocycles. The Balaban J connectivity index is 1.42. The number of nitrogens with two attached hydrogens (primary N) is 3. The number of aliphatic hydroxyl groups excluding tert-OH is 1. The molecule has 11 heteroatoms. The van der Waals surface area contributed by atoms with Crippen LogP contribution in [0.3, 0.4) is 0 Å². The van der Waals surface area contributed by atoms with Crippen molar-refractivity contribution in [1.82, 2.24) is 15.0 Å². The number of hydrogen-bond acceptors (Lipinski definition) is 10. The van der Waals surface area contributed by atoms with Gasteiger partial charge in [-0.1, -0.05) is 47.6 Å². The minimum atomic E-state index is -0.684. The highest BCUT2D eigenvalue weighted by atomic mass is 35.5. The molecule has 7 N–H and O–H groups in total. The number of carbonyl (C=O) groups is 1. The number of pyridine rings is 1. The van der Waals surface area contributed by atoms with Crippen molar-refractivity contribution in [2.75, 3.05) is 36.1 Å². The first kappa shape index (κ1) is 23.8. The van der Waals surface area contributed by atoms with Crippen molar-refractivity contribution in [1.29, 1.82) is 0 Å². The standard InChI is InChI=1S/C24H26ClN7O2S/c25-17-16(5-8-29-20(17)27)35-23-21(28)31-22(18(30-23)15(34)12-33)32-9-6-24(7-10-32)11-13-3-1-2-4-14(13)19(24)26/h1-5,8,19,33H,6-7,9-12,26H2,(H2,27,29)(H2,28,31)/t19-/m1/s1. The molecule has 5 rings (SSSR count). The summed E-state index contributed by atoms with van der Waals surface area (Å²) in [5, 5.41) is 10.2. The Morgan fingerprint density at radius 1 is 1.17 bits per heavy atom. The molecule has 1 aliphatic carbocycles. The molecule has 1 atom stereocenters. The first-order valence-corrected chi connectivity index (χ1v) is 12.5. The average Bonchev–Trinajstić information content (AvgIpc) is 3.14. The van der Waals surface area contributed by atoms with Crippen LogP contribution in [0.15, 0.2) is 46.5 Å². The van der Waals surface area contributed by atoms with Gasteiger partial charge in [-0.05, 0) is 41.9 Å². The zero-order chi connectivity index (χ0) is 24.7. The lowest BCUT2D eigenvalue weighted by Crippen LogP contribution is -2.45. The smallest absolute Gasteiger partial charge is 0.210 e. The SMILES string of the molecule is Nc1nc(N2CCC3(CC2)Cc2ccccc2[C@H]3N)c(C(=O)CO)nc1Sc1ccnc(N)c1Cl. The summed E-state index contributed by atoms with van der Waals surface area (Å²) in [6.45, 7) is 0.623. The fraction of sp³-hybridized carbons (Fsp3) is 0.333. The number of carbonyl (C=O) groups excluding carboxylic acids is 1. The molecule has 1 fully saturated rings. The van der Waals surface area contributed by atoms with Crippen LogP contribution in [0.5, 0.6) is 0 Å². The van der Waals surface area contributed by atoms with E-state index >= 15 is 0 Å². The molecule has 1 spiro atoms. The topological polar surface area (TPSA) is 157 Å². The number of nitrogens with zero attached hydrogens (tertiary/aromatic N) is 4. The third-order valence-corrected chi connectivity index (χ3v) is 8.58. The molecule has 3 aromatic rings. The predicted molar refractivity (Wildman–Crippen MR) is 137 cm³/mol. The Morgan fingerprint density at radius 2 is 1.91 bits per heavy atom. The highest BCUT2D eigenvalue weighted by molar-refractivity contribution is 7.99. The number of nitrogen functional groups attached to an aromatic ring is 2. The van der Waals surface area contributed by atoms with Crippen molar-refractivity contribution in [2.24, 2.45) is 11.1 Å². The number of anilines is 3. The van der Waals surface area contributed by atoms with E-state index in [0.29, 0.717) is 28.8 Å². The van der Waals surface area contributed by atoms with Crippen LogP contribution in [0, 0.1) is 5.41 Å². The summed E-state index contributed by atoms with van der Waals surface area (Å²) >= 11 is 7.40. The minimum absolute atomic E-state index is 0.0197. The van der Waals surface area contributed by atoms with E-state index in [4.69, 9.17) is 28.8 Å². The molecule has 0 saturated carbocycles. The highest BCUT2D eigenvalue weighted by Crippen LogP contribution is 2.51. The lowest BCUT2D eigenvalue weighted by Gasteiger charge is -2.42. The number of halogens is 1. The molecular weight excluding hydrogens is 486 g/mol. The predicted octanol–water partition coefficient (Wildman–Crippen LogP) is 2.86. The van der Waals surface area contributed by atoms with Crippen molar-refractivity contribution < 1.29 is 9.90 Å². The Labute approximate surface area is 212 Å². The Kier molecular flexibility index (Phi) is 6.30. The lowest BCUT2D eigenvalue weighted by atomic mass is 9.73. The molecule has 1 aliphatic heterocycles. The van der Waals surface area contributed by atoms with Gasteiger partial charge in [0.2, 0.25) is 5.78 Å². The van der Waals surface area contributed by atoms with Crippen molar-refractivity contribution in [3.8, 4) is 0 Å². The lowest BCUT2D eigenvalue weighted by molar-refractivity contribution is 0.0898. The molecule has 1 aromatic carbocycles. The third-order valence-electron chi connectivity index (χ3n) is 7.02. The van der Waals surface area contributed by atoms with Crippen molar-refractivity contribution in [3.63, 3.8) is 0 Å². The van der Waals surface area contributed by atoms with Crippen molar-refractivity contribution >= 4 is 46.6 Å². The molecular formula is C24H26ClN7O2S. The second-order valence-corrected chi connectivity index (χ2v) is 10.4. The molecule has 0 radical (unpaired) electrons. The summed E-state index contributed by atoms with van der Waals surface area (Å²) in [7, 11) is 0. The zero-order valence-corrected chi connectivity index (χ0v) is 20.5. The van der Waals surface area contributed by atoms with E-state index in [9.17, 15) is 9.90 Å². The van der Waals surface area contributed by atoms with Crippen LogP contribution in [0.4, 0.5) is 17.5 Å². The first-order valence-electron chi connectivity index (χ1n) is 11.3. The number of hydrogen-bond donors (Lipinski definition) is 4. The number of benzene rings is 1. The van der Waals surface area contributed by atoms with E-state index in [-0.39, 0.29) is 33.8 Å². The molecule has 2 aromatic heterocycles. The fourth-order valence-electron chi connectivity index (χ4n) is 5.07. The van der Waals surface area contributed by atoms with Crippen LogP contribution in [0.25, 0.3) is 0 Å². The van der Waals surface area contributed by atoms with E-state index in [1.807, 2.05) is 11.0 Å². The number of ketones is 1. The number of Topliss-reactive ketones (excluding diaryl/α,β-unsaturated/α-hetero) is 1. The van der Waals surface area contributed by atoms with Gasteiger partial charge in [0.25, 0.3) is 0 Å². The van der Waals surface area contributed by atoms with Gasteiger partial charge in [0.05, 0.1) is 5.02 Å². The van der Waals surface area contributed by atoms with Crippen molar-refractivity contribution in [2.45, 2.75) is 35.2 Å². The van der Waals surface area contributed by atoms with E-state index in [1.165, 1.54) is 17.3 Å². The Morgan fingerprint density at radius 3 is 2.63 bits per heavy atom. The van der Waals surface area contributed by atoms with E-state index in [2.05, 4.69) is 33.2 Å². The quantitative estimate of drug-likeness (QED) is 0.375. The molecule has 2 aliphatic rings. The summed E-state index contributed by atoms with van der Waals surface area (Å²) in [5.74, 6) is 0.197. The van der Waals surface area contributed by atoms with Crippen molar-refractivity contribution in [3.05, 3.63) is 58.4 Å². The number of rotatable bonds is 5. The van der Waals surface area contributed by atoms with E-state index in [0.717, 1.165) is 31.0 Å². The van der Waals surface area contributed by atoms with Gasteiger partial charge < -0.3 is 27.2 Å². The van der Waals surface area contributed by atoms with Gasteiger partial charge in [-0.15, -0.1) is 0 Å². The van der Waals surface area contributed by atoms with Crippen LogP contribution < -0.4 is 22.1 Å². The summed E-state index contributed by atoms with van der Waals surface area (Å²) in [6.07, 6.45) is 4.16. The molecule has 182 valence electrons. The number of fused-ring (bicyclic) bond motifs is 1. The largest absolute Gasteiger partial charge is 0.388 e. The second-order valence-electron chi connectivity index (χ2n) is 8.98. The normalized spacial score (nSPS) is 18.6. The molecule has 0 unspecified atom stereocenters. The molecule has 0 bridgehead atoms. The average molecular weight is 512 g/mol. The van der Waals surface area contributed by atoms with E-state index < -0.39 is 12.4 Å². The highest BCUT2D eigenvalue weighted by Gasteiger charge is 2.46. The monoisotopic (exact) mass is 511 g/mol. The maximum Gasteiger partial charge on any atom is 0.210 e. The first-order chi connectivity index (χ1) is 16.8. The van der Waals surface area contributed by atoms with Crippen LogP contribution in [0.1, 0.15) is 40.5 Å². The third kappa shape index (κ3) is 4.20. The van der Waals surface area contributed by atoms with Gasteiger partial charge in [0, 0.05) is 30.2 Å². The van der Waals surface area contributed by atoms with Gasteiger partial charge in [0.1, 0.15) is 17.5 Å². The number of aliphatic hydroxyl groups is 1. The number of piperidine rings is 1. The summed E-state index contributed by atoms with van der Waals surface area (Å²) < 4.78 is 0. The zero-order valence-electron chi connectivity index (χ0n) is 18.9. The van der Waals surface area contributed by atoms with E-state index in [1.54, 1.807) is 6.07 Å². The van der Waals surface area contributed by atoms with Crippen LogP contribution >= 0.6 is 23.4 Å². The van der Waals surface area contributed by atoms with Crippen LogP contribution in [-0.2, 0) is 6.42 Å². The minimum Gasteiger partial charge on any atom is -0.388 e. The molecule has 35 heavy (non-hydrogen) atoms. The Hall–Kier alpha value is -2.92. The van der Waals surface area contributed by atoms with Gasteiger partial charge in [0.15, 0.2) is 17.3 Å². The molecule has 1 saturated heterocycles. The maximum absolute atomic E-state index is 12.7. The summed E-state index contributed by atoms with van der Waals surface area (Å²) in [4.78, 5) is 28.3. The maximum atomic E-state index is 12.7. The second kappa shape index (κ2) is 9.27. The molecule has 0 amide bonds. The number of aromatic nitrogens is 3. The summed E-state index contributed by atoms with van der Waals surface area (Å²) in [6, 6.07) is 10.0. The van der Waals surface area contributed by atoms with Gasteiger partial charge in [-0.25, -0.2) is 15.0 Å². The fourth-order valence-corrected chi connectivity index (χ4v) is 6.12. The van der Waals surface area contributed by atoms with Gasteiger partial charge in [-0.2, -0.15) is 0 Å². The summed E-state index contributed by atoms with van der Waals surface area (Å²) in [5.41, 5.74) is 21.4. The van der Waals surface area contributed by atoms with Crippen LogP contribution in [0.2, 0.25) is 5.02 Å². The van der Waals surface area contributed by atoms with Gasteiger partial charge in [-0.3, -0.25) is 4.79 Å². The van der Waals surface area contributed by atoms with Crippen LogP contribution in [-0.4, -0.2) is 45.5 Å².